The van der Waals surface area contributed by atoms with E-state index in [-0.39, 0.29) is 17.4 Å². The number of nitrogens with two attached hydrogens (primary N) is 1. The molecular formula is C21H33N3O. The number of hydrogen-bond acceptors (Lipinski definition) is 3. The summed E-state index contributed by atoms with van der Waals surface area (Å²) < 4.78 is 0. The van der Waals surface area contributed by atoms with E-state index in [1.54, 1.807) is 0 Å². The van der Waals surface area contributed by atoms with Crippen LogP contribution in [0.2, 0.25) is 0 Å². The first-order chi connectivity index (χ1) is 12.0. The standard InChI is InChI=1S/C21H33N3O/c1-21(22)13-7-6-10-19(21)20(25)23(2)18-11-14-24(15-12-18)16-17-8-4-3-5-9-17/h3-5,8-9,18-19H,6-7,10-16,22H2,1-2H3. The van der Waals surface area contributed by atoms with Crippen LogP contribution in [-0.4, -0.2) is 47.4 Å². The molecule has 1 aromatic carbocycles. The smallest absolute Gasteiger partial charge is 0.227 e. The van der Waals surface area contributed by atoms with Crippen molar-refractivity contribution in [2.45, 2.75) is 63.6 Å². The van der Waals surface area contributed by atoms with Crippen LogP contribution in [0.5, 0.6) is 0 Å². The number of carbonyl (C=O) groups is 1. The van der Waals surface area contributed by atoms with Gasteiger partial charge in [0.25, 0.3) is 0 Å². The summed E-state index contributed by atoms with van der Waals surface area (Å²) >= 11 is 0. The van der Waals surface area contributed by atoms with Gasteiger partial charge in [0.15, 0.2) is 0 Å². The third-order valence-corrected chi connectivity index (χ3v) is 6.25. The number of piperidine rings is 1. The molecule has 2 fully saturated rings. The van der Waals surface area contributed by atoms with Gasteiger partial charge in [-0.05, 0) is 38.2 Å². The lowest BCUT2D eigenvalue weighted by Gasteiger charge is -2.43. The molecule has 2 unspecified atom stereocenters. The monoisotopic (exact) mass is 343 g/mol. The van der Waals surface area contributed by atoms with Gasteiger partial charge in [0.05, 0.1) is 5.92 Å². The molecule has 1 heterocycles. The zero-order chi connectivity index (χ0) is 17.9. The van der Waals surface area contributed by atoms with Crippen molar-refractivity contribution < 1.29 is 4.79 Å². The highest BCUT2D eigenvalue weighted by atomic mass is 16.2. The van der Waals surface area contributed by atoms with Gasteiger partial charge < -0.3 is 10.6 Å². The fourth-order valence-corrected chi connectivity index (χ4v) is 4.50. The van der Waals surface area contributed by atoms with Gasteiger partial charge in [-0.15, -0.1) is 0 Å². The summed E-state index contributed by atoms with van der Waals surface area (Å²) in [5, 5.41) is 0. The molecule has 3 rings (SSSR count). The Hall–Kier alpha value is -1.39. The van der Waals surface area contributed by atoms with E-state index >= 15 is 0 Å². The number of carbonyl (C=O) groups excluding carboxylic acids is 1. The molecule has 1 saturated carbocycles. The Morgan fingerprint density at radius 3 is 2.52 bits per heavy atom. The molecule has 138 valence electrons. The molecule has 0 radical (unpaired) electrons. The molecule has 0 aromatic heterocycles. The van der Waals surface area contributed by atoms with Crippen LogP contribution >= 0.6 is 0 Å². The van der Waals surface area contributed by atoms with Crippen LogP contribution in [-0.2, 0) is 11.3 Å². The summed E-state index contributed by atoms with van der Waals surface area (Å²) in [6.45, 7) is 5.18. The number of amides is 1. The Balaban J connectivity index is 1.52. The summed E-state index contributed by atoms with van der Waals surface area (Å²) in [6, 6.07) is 11.0. The maximum absolute atomic E-state index is 13.0. The van der Waals surface area contributed by atoms with E-state index in [2.05, 4.69) is 42.2 Å². The third kappa shape index (κ3) is 4.42. The molecule has 0 bridgehead atoms. The minimum Gasteiger partial charge on any atom is -0.342 e. The molecule has 0 spiro atoms. The van der Waals surface area contributed by atoms with Gasteiger partial charge in [0, 0.05) is 38.3 Å². The largest absolute Gasteiger partial charge is 0.342 e. The minimum absolute atomic E-state index is 0.00593. The molecule has 2 atom stereocenters. The Bertz CT molecular complexity index is 564. The van der Waals surface area contributed by atoms with E-state index in [0.29, 0.717) is 6.04 Å². The highest BCUT2D eigenvalue weighted by molar-refractivity contribution is 5.80. The van der Waals surface area contributed by atoms with E-state index in [0.717, 1.165) is 58.2 Å². The van der Waals surface area contributed by atoms with E-state index in [1.165, 1.54) is 5.56 Å². The van der Waals surface area contributed by atoms with Crippen LogP contribution in [0.4, 0.5) is 0 Å². The summed E-state index contributed by atoms with van der Waals surface area (Å²) in [4.78, 5) is 17.5. The number of rotatable bonds is 4. The number of benzene rings is 1. The molecule has 1 aliphatic heterocycles. The van der Waals surface area contributed by atoms with Crippen LogP contribution in [0.25, 0.3) is 0 Å². The van der Waals surface area contributed by atoms with Gasteiger partial charge >= 0.3 is 0 Å². The molecular weight excluding hydrogens is 310 g/mol. The summed E-state index contributed by atoms with van der Waals surface area (Å²) in [7, 11) is 1.99. The predicted molar refractivity (Wildman–Crippen MR) is 102 cm³/mol. The van der Waals surface area contributed by atoms with Crippen molar-refractivity contribution in [2.75, 3.05) is 20.1 Å². The first-order valence-electron chi connectivity index (χ1n) is 9.79. The van der Waals surface area contributed by atoms with E-state index in [9.17, 15) is 4.79 Å². The van der Waals surface area contributed by atoms with Crippen molar-refractivity contribution in [3.8, 4) is 0 Å². The van der Waals surface area contributed by atoms with Crippen LogP contribution in [0.15, 0.2) is 30.3 Å². The second-order valence-corrected chi connectivity index (χ2v) is 8.25. The average Bonchev–Trinajstić information content (AvgIpc) is 2.62. The Kier molecular flexibility index (Phi) is 5.80. The van der Waals surface area contributed by atoms with Gasteiger partial charge in [-0.2, -0.15) is 0 Å². The molecule has 4 nitrogen and oxygen atoms in total. The van der Waals surface area contributed by atoms with Crippen molar-refractivity contribution in [2.24, 2.45) is 11.7 Å². The van der Waals surface area contributed by atoms with Crippen molar-refractivity contribution in [3.05, 3.63) is 35.9 Å². The SMILES string of the molecule is CN(C(=O)C1CCCCC1(C)N)C1CCN(Cc2ccccc2)CC1. The van der Waals surface area contributed by atoms with Crippen molar-refractivity contribution in [3.63, 3.8) is 0 Å². The van der Waals surface area contributed by atoms with Gasteiger partial charge in [-0.3, -0.25) is 9.69 Å². The first kappa shape index (κ1) is 18.4. The lowest BCUT2D eigenvalue weighted by Crippen LogP contribution is -2.55. The van der Waals surface area contributed by atoms with Crippen LogP contribution in [0.1, 0.15) is 51.0 Å². The summed E-state index contributed by atoms with van der Waals surface area (Å²) in [5.41, 5.74) is 7.47. The number of hydrogen-bond donors (Lipinski definition) is 1. The van der Waals surface area contributed by atoms with Crippen LogP contribution in [0.3, 0.4) is 0 Å². The molecule has 4 heteroatoms. The number of nitrogens with zero attached hydrogens (tertiary/aromatic N) is 2. The zero-order valence-corrected chi connectivity index (χ0v) is 15.8. The molecule has 2 aliphatic rings. The molecule has 1 aromatic rings. The summed E-state index contributed by atoms with van der Waals surface area (Å²) in [5.74, 6) is 0.264. The molecule has 1 aliphatic carbocycles. The molecule has 2 N–H and O–H groups in total. The highest BCUT2D eigenvalue weighted by Crippen LogP contribution is 2.33. The molecule has 1 amide bonds. The lowest BCUT2D eigenvalue weighted by atomic mass is 9.74. The lowest BCUT2D eigenvalue weighted by molar-refractivity contribution is -0.140. The Morgan fingerprint density at radius 2 is 1.88 bits per heavy atom. The van der Waals surface area contributed by atoms with Crippen LogP contribution < -0.4 is 5.73 Å². The van der Waals surface area contributed by atoms with E-state index in [1.807, 2.05) is 11.9 Å². The minimum atomic E-state index is -0.336. The van der Waals surface area contributed by atoms with Crippen molar-refractivity contribution in [1.29, 1.82) is 0 Å². The topological polar surface area (TPSA) is 49.6 Å². The van der Waals surface area contributed by atoms with Crippen molar-refractivity contribution >= 4 is 5.91 Å². The Morgan fingerprint density at radius 1 is 1.20 bits per heavy atom. The van der Waals surface area contributed by atoms with E-state index < -0.39 is 0 Å². The maximum atomic E-state index is 13.0. The fraction of sp³-hybridized carbons (Fsp3) is 0.667. The fourth-order valence-electron chi connectivity index (χ4n) is 4.50. The number of likely N-dealkylation sites (tertiary alicyclic amines) is 1. The van der Waals surface area contributed by atoms with Gasteiger partial charge in [0.1, 0.15) is 0 Å². The highest BCUT2D eigenvalue weighted by Gasteiger charge is 2.40. The van der Waals surface area contributed by atoms with Gasteiger partial charge in [-0.1, -0.05) is 43.2 Å². The first-order valence-corrected chi connectivity index (χ1v) is 9.79. The third-order valence-electron chi connectivity index (χ3n) is 6.25. The van der Waals surface area contributed by atoms with Crippen LogP contribution in [0, 0.1) is 5.92 Å². The van der Waals surface area contributed by atoms with Crippen molar-refractivity contribution in [1.82, 2.24) is 9.80 Å². The second kappa shape index (κ2) is 7.88. The summed E-state index contributed by atoms with van der Waals surface area (Å²) in [6.07, 6.45) is 6.31. The van der Waals surface area contributed by atoms with Gasteiger partial charge in [0.2, 0.25) is 5.91 Å². The normalized spacial score (nSPS) is 28.7. The van der Waals surface area contributed by atoms with Gasteiger partial charge in [-0.25, -0.2) is 0 Å². The molecule has 25 heavy (non-hydrogen) atoms. The predicted octanol–water partition coefficient (Wildman–Crippen LogP) is 3.02. The molecule has 1 saturated heterocycles. The zero-order valence-electron chi connectivity index (χ0n) is 15.8. The second-order valence-electron chi connectivity index (χ2n) is 8.25. The quantitative estimate of drug-likeness (QED) is 0.914. The maximum Gasteiger partial charge on any atom is 0.227 e. The van der Waals surface area contributed by atoms with E-state index in [4.69, 9.17) is 5.73 Å². The average molecular weight is 344 g/mol. The Labute approximate surface area is 152 Å².